The van der Waals surface area contributed by atoms with E-state index in [1.807, 2.05) is 49.4 Å². The molecule has 0 saturated heterocycles. The number of carbonyl (C=O) groups is 2. The van der Waals surface area contributed by atoms with Crippen molar-refractivity contribution in [1.29, 1.82) is 0 Å². The second kappa shape index (κ2) is 16.9. The smallest absolute Gasteiger partial charge is 0.243 e. The summed E-state index contributed by atoms with van der Waals surface area (Å²) in [5.74, 6) is -0.00567. The van der Waals surface area contributed by atoms with Gasteiger partial charge >= 0.3 is 0 Å². The number of nitrogens with zero attached hydrogens (tertiary/aromatic N) is 2. The van der Waals surface area contributed by atoms with Gasteiger partial charge in [-0.2, -0.15) is 0 Å². The van der Waals surface area contributed by atoms with Gasteiger partial charge in [-0.05, 0) is 55.2 Å². The number of sulfonamides is 1. The molecule has 43 heavy (non-hydrogen) atoms. The van der Waals surface area contributed by atoms with Gasteiger partial charge in [-0.3, -0.25) is 13.9 Å². The van der Waals surface area contributed by atoms with E-state index in [0.29, 0.717) is 36.0 Å². The number of benzene rings is 3. The highest BCUT2D eigenvalue weighted by Crippen LogP contribution is 2.30. The number of hydrogen-bond acceptors (Lipinski definition) is 5. The van der Waals surface area contributed by atoms with Crippen LogP contribution in [0.15, 0.2) is 78.9 Å². The number of rotatable bonds is 17. The largest absolute Gasteiger partial charge is 0.492 e. The predicted octanol–water partition coefficient (Wildman–Crippen LogP) is 5.84. The van der Waals surface area contributed by atoms with Crippen molar-refractivity contribution < 1.29 is 22.7 Å². The first-order valence-electron chi connectivity index (χ1n) is 14.7. The Morgan fingerprint density at radius 3 is 2.23 bits per heavy atom. The topological polar surface area (TPSA) is 96.0 Å². The summed E-state index contributed by atoms with van der Waals surface area (Å²) in [7, 11) is -3.66. The van der Waals surface area contributed by atoms with Crippen molar-refractivity contribution in [2.75, 3.05) is 30.3 Å². The Morgan fingerprint density at radius 1 is 0.907 bits per heavy atom. The van der Waals surface area contributed by atoms with Crippen molar-refractivity contribution in [2.45, 2.75) is 58.5 Å². The Morgan fingerprint density at radius 2 is 1.58 bits per heavy atom. The Bertz CT molecular complexity index is 1420. The second-order valence-electron chi connectivity index (χ2n) is 10.3. The molecule has 0 bridgehead atoms. The Hall–Kier alpha value is -3.56. The molecule has 0 spiro atoms. The van der Waals surface area contributed by atoms with Crippen molar-refractivity contribution >= 4 is 39.1 Å². The minimum atomic E-state index is -3.66. The molecule has 0 unspecified atom stereocenters. The zero-order valence-corrected chi connectivity index (χ0v) is 26.7. The van der Waals surface area contributed by atoms with Crippen LogP contribution >= 0.6 is 11.6 Å². The molecule has 0 aromatic heterocycles. The van der Waals surface area contributed by atoms with Crippen molar-refractivity contribution in [3.8, 4) is 5.75 Å². The van der Waals surface area contributed by atoms with Crippen LogP contribution in [0.1, 0.15) is 50.7 Å². The molecule has 0 fully saturated rings. The van der Waals surface area contributed by atoms with Gasteiger partial charge in [0.15, 0.2) is 0 Å². The summed E-state index contributed by atoms with van der Waals surface area (Å²) in [6, 6.07) is 23.0. The summed E-state index contributed by atoms with van der Waals surface area (Å²) in [5, 5.41) is 3.59. The van der Waals surface area contributed by atoms with E-state index in [-0.39, 0.29) is 37.7 Å². The second-order valence-corrected chi connectivity index (χ2v) is 12.7. The summed E-state index contributed by atoms with van der Waals surface area (Å²) in [5.41, 5.74) is 2.19. The van der Waals surface area contributed by atoms with Gasteiger partial charge in [0, 0.05) is 37.5 Å². The van der Waals surface area contributed by atoms with E-state index < -0.39 is 16.1 Å². The minimum Gasteiger partial charge on any atom is -0.492 e. The van der Waals surface area contributed by atoms with Crippen LogP contribution in [-0.2, 0) is 32.6 Å². The van der Waals surface area contributed by atoms with Crippen LogP contribution in [0.4, 0.5) is 5.69 Å². The normalized spacial score (nSPS) is 11.9. The van der Waals surface area contributed by atoms with E-state index in [4.69, 9.17) is 16.3 Å². The van der Waals surface area contributed by atoms with E-state index in [0.717, 1.165) is 30.2 Å². The first-order chi connectivity index (χ1) is 20.6. The van der Waals surface area contributed by atoms with Crippen molar-refractivity contribution in [2.24, 2.45) is 0 Å². The molecule has 3 rings (SSSR count). The van der Waals surface area contributed by atoms with Crippen LogP contribution in [-0.4, -0.2) is 57.1 Å². The summed E-state index contributed by atoms with van der Waals surface area (Å²) in [4.78, 5) is 29.1. The predicted molar refractivity (Wildman–Crippen MR) is 173 cm³/mol. The van der Waals surface area contributed by atoms with E-state index in [1.165, 1.54) is 4.31 Å². The summed E-state index contributed by atoms with van der Waals surface area (Å²) >= 11 is 6.11. The number of hydrogen-bond donors (Lipinski definition) is 1. The summed E-state index contributed by atoms with van der Waals surface area (Å²) in [6.45, 7) is 5.07. The molecule has 2 amide bonds. The summed E-state index contributed by atoms with van der Waals surface area (Å²) in [6.07, 6.45) is 3.54. The lowest BCUT2D eigenvalue weighted by molar-refractivity contribution is -0.141. The first kappa shape index (κ1) is 33.9. The highest BCUT2D eigenvalue weighted by atomic mass is 35.5. The number of ether oxygens (including phenoxy) is 1. The van der Waals surface area contributed by atoms with Gasteiger partial charge in [0.1, 0.15) is 11.8 Å². The minimum absolute atomic E-state index is 0.0456. The molecule has 1 N–H and O–H groups in total. The maximum absolute atomic E-state index is 13.9. The molecule has 0 heterocycles. The fourth-order valence-corrected chi connectivity index (χ4v) is 5.86. The van der Waals surface area contributed by atoms with E-state index in [2.05, 4.69) is 12.2 Å². The zero-order chi connectivity index (χ0) is 31.2. The third kappa shape index (κ3) is 10.6. The lowest BCUT2D eigenvalue weighted by atomic mass is 10.0. The van der Waals surface area contributed by atoms with Crippen molar-refractivity contribution in [1.82, 2.24) is 10.2 Å². The molecular formula is C33H42ClN3O5S. The number of anilines is 1. The van der Waals surface area contributed by atoms with Gasteiger partial charge in [-0.1, -0.05) is 79.5 Å². The lowest BCUT2D eigenvalue weighted by Crippen LogP contribution is -2.50. The monoisotopic (exact) mass is 627 g/mol. The van der Waals surface area contributed by atoms with E-state index in [9.17, 15) is 18.0 Å². The van der Waals surface area contributed by atoms with Crippen molar-refractivity contribution in [3.63, 3.8) is 0 Å². The number of nitrogens with one attached hydrogen (secondary N) is 1. The van der Waals surface area contributed by atoms with Crippen LogP contribution in [0, 0.1) is 0 Å². The highest BCUT2D eigenvalue weighted by molar-refractivity contribution is 7.92. The standard InChI is InChI=1S/C33H42ClN3O5S/c1-4-6-22-35-33(39)30(24-26-13-8-7-9-14-26)36(25-27-18-20-28(34)21-19-27)32(38)17-12-23-37(43(3,40)41)29-15-10-11-16-31(29)42-5-2/h7-11,13-16,18-21,30H,4-6,12,17,22-25H2,1-3H3,(H,35,39)/t30-/m1/s1. The van der Waals surface area contributed by atoms with Gasteiger partial charge in [0.05, 0.1) is 18.6 Å². The van der Waals surface area contributed by atoms with E-state index in [1.54, 1.807) is 41.3 Å². The summed E-state index contributed by atoms with van der Waals surface area (Å²) < 4.78 is 32.6. The third-order valence-corrected chi connectivity index (χ3v) is 8.38. The van der Waals surface area contributed by atoms with Gasteiger partial charge in [-0.25, -0.2) is 8.42 Å². The first-order valence-corrected chi connectivity index (χ1v) is 16.9. The van der Waals surface area contributed by atoms with Gasteiger partial charge in [0.2, 0.25) is 21.8 Å². The quantitative estimate of drug-likeness (QED) is 0.190. The highest BCUT2D eigenvalue weighted by Gasteiger charge is 2.30. The molecule has 1 atom stereocenters. The van der Waals surface area contributed by atoms with Crippen LogP contribution in [0.5, 0.6) is 5.75 Å². The molecule has 232 valence electrons. The molecule has 3 aromatic rings. The fourth-order valence-electron chi connectivity index (χ4n) is 4.77. The lowest BCUT2D eigenvalue weighted by Gasteiger charge is -2.32. The van der Waals surface area contributed by atoms with Gasteiger partial charge in [0.25, 0.3) is 0 Å². The molecular weight excluding hydrogens is 586 g/mol. The molecule has 10 heteroatoms. The molecule has 0 aliphatic carbocycles. The number of para-hydroxylation sites is 2. The maximum atomic E-state index is 13.9. The fraction of sp³-hybridized carbons (Fsp3) is 0.394. The molecule has 0 saturated carbocycles. The average molecular weight is 628 g/mol. The van der Waals surface area contributed by atoms with Crippen LogP contribution in [0.25, 0.3) is 0 Å². The molecule has 3 aromatic carbocycles. The molecule has 8 nitrogen and oxygen atoms in total. The van der Waals surface area contributed by atoms with Crippen LogP contribution in [0.2, 0.25) is 5.02 Å². The van der Waals surface area contributed by atoms with Crippen LogP contribution in [0.3, 0.4) is 0 Å². The Kier molecular flexibility index (Phi) is 13.3. The van der Waals surface area contributed by atoms with Crippen LogP contribution < -0.4 is 14.4 Å². The van der Waals surface area contributed by atoms with E-state index >= 15 is 0 Å². The Labute approximate surface area is 261 Å². The zero-order valence-electron chi connectivity index (χ0n) is 25.2. The maximum Gasteiger partial charge on any atom is 0.243 e. The molecule has 0 aliphatic rings. The average Bonchev–Trinajstić information content (AvgIpc) is 2.98. The third-order valence-electron chi connectivity index (χ3n) is 6.95. The molecule has 0 aliphatic heterocycles. The number of carbonyl (C=O) groups excluding carboxylic acids is 2. The number of unbranched alkanes of at least 4 members (excludes halogenated alkanes) is 1. The van der Waals surface area contributed by atoms with Crippen molar-refractivity contribution in [3.05, 3.63) is 95.0 Å². The SMILES string of the molecule is CCCCNC(=O)[C@@H](Cc1ccccc1)N(Cc1ccc(Cl)cc1)C(=O)CCCN(c1ccccc1OCC)S(C)(=O)=O. The number of amides is 2. The number of halogens is 1. The van der Waals surface area contributed by atoms with Gasteiger partial charge < -0.3 is 15.0 Å². The van der Waals surface area contributed by atoms with Gasteiger partial charge in [-0.15, -0.1) is 0 Å². The molecule has 0 radical (unpaired) electrons. The Balaban J connectivity index is 1.88.